The third-order valence-corrected chi connectivity index (χ3v) is 4.20. The number of nitrogens with zero attached hydrogens (tertiary/aromatic N) is 1. The van der Waals surface area contributed by atoms with Crippen LogP contribution in [0, 0.1) is 5.92 Å². The van der Waals surface area contributed by atoms with E-state index in [4.69, 9.17) is 5.73 Å². The van der Waals surface area contributed by atoms with Gasteiger partial charge in [-0.05, 0) is 30.7 Å². The summed E-state index contributed by atoms with van der Waals surface area (Å²) in [5.74, 6) is 1.02. The summed E-state index contributed by atoms with van der Waals surface area (Å²) in [7, 11) is 0. The summed E-state index contributed by atoms with van der Waals surface area (Å²) in [6, 6.07) is 10.3. The van der Waals surface area contributed by atoms with Crippen LogP contribution in [0.1, 0.15) is 37.3 Å². The molecule has 1 aromatic rings. The molecule has 1 aliphatic heterocycles. The summed E-state index contributed by atoms with van der Waals surface area (Å²) in [4.78, 5) is 14.3. The predicted molar refractivity (Wildman–Crippen MR) is 70.8 cm³/mol. The lowest BCUT2D eigenvalue weighted by atomic mass is 10.0. The first-order valence-corrected chi connectivity index (χ1v) is 6.85. The molecule has 18 heavy (non-hydrogen) atoms. The van der Waals surface area contributed by atoms with Gasteiger partial charge < -0.3 is 10.6 Å². The van der Waals surface area contributed by atoms with Crippen LogP contribution in [0.2, 0.25) is 0 Å². The molecular formula is C15H20N2O. The second kappa shape index (κ2) is 4.73. The molecule has 3 atom stereocenters. The minimum atomic E-state index is -0.169. The van der Waals surface area contributed by atoms with Crippen molar-refractivity contribution in [2.75, 3.05) is 6.54 Å². The Bertz CT molecular complexity index is 431. The zero-order valence-electron chi connectivity index (χ0n) is 10.6. The van der Waals surface area contributed by atoms with Crippen LogP contribution < -0.4 is 5.73 Å². The van der Waals surface area contributed by atoms with Gasteiger partial charge in [0.1, 0.15) is 0 Å². The van der Waals surface area contributed by atoms with E-state index in [-0.39, 0.29) is 11.9 Å². The molecule has 1 heterocycles. The summed E-state index contributed by atoms with van der Waals surface area (Å²) >= 11 is 0. The number of carbonyl (C=O) groups is 1. The fourth-order valence-corrected chi connectivity index (χ4v) is 3.05. The topological polar surface area (TPSA) is 46.3 Å². The lowest BCUT2D eigenvalue weighted by Crippen LogP contribution is -2.38. The number of piperidine rings is 1. The van der Waals surface area contributed by atoms with Gasteiger partial charge in [-0.3, -0.25) is 4.79 Å². The number of amides is 1. The predicted octanol–water partition coefficient (Wildman–Crippen LogP) is 2.09. The van der Waals surface area contributed by atoms with E-state index >= 15 is 0 Å². The van der Waals surface area contributed by atoms with Gasteiger partial charge >= 0.3 is 0 Å². The SMILES string of the molecule is NC(CC(=O)N1CCCC2CC21)c1ccccc1. The molecular weight excluding hydrogens is 224 g/mol. The van der Waals surface area contributed by atoms with Gasteiger partial charge in [0.05, 0.1) is 0 Å². The number of rotatable bonds is 3. The van der Waals surface area contributed by atoms with Crippen LogP contribution in [0.3, 0.4) is 0 Å². The Morgan fingerprint density at radius 1 is 1.39 bits per heavy atom. The normalized spacial score (nSPS) is 27.5. The van der Waals surface area contributed by atoms with E-state index < -0.39 is 0 Å². The van der Waals surface area contributed by atoms with Crippen molar-refractivity contribution >= 4 is 5.91 Å². The molecule has 1 aliphatic carbocycles. The molecule has 1 saturated carbocycles. The first-order chi connectivity index (χ1) is 8.75. The maximum atomic E-state index is 12.3. The van der Waals surface area contributed by atoms with Crippen LogP contribution in [-0.2, 0) is 4.79 Å². The molecule has 0 spiro atoms. The van der Waals surface area contributed by atoms with Crippen molar-refractivity contribution in [1.82, 2.24) is 4.90 Å². The third-order valence-electron chi connectivity index (χ3n) is 4.20. The molecule has 3 unspecified atom stereocenters. The number of benzene rings is 1. The van der Waals surface area contributed by atoms with E-state index in [1.54, 1.807) is 0 Å². The van der Waals surface area contributed by atoms with Crippen LogP contribution in [0.25, 0.3) is 0 Å². The van der Waals surface area contributed by atoms with Gasteiger partial charge in [-0.2, -0.15) is 0 Å². The van der Waals surface area contributed by atoms with Crippen LogP contribution in [-0.4, -0.2) is 23.4 Å². The number of fused-ring (bicyclic) bond motifs is 1. The molecule has 2 N–H and O–H groups in total. The standard InChI is InChI=1S/C15H20N2O/c16-13(11-5-2-1-3-6-11)10-15(18)17-8-4-7-12-9-14(12)17/h1-3,5-6,12-14H,4,7-10,16H2. The highest BCUT2D eigenvalue weighted by Crippen LogP contribution is 2.43. The highest BCUT2D eigenvalue weighted by molar-refractivity contribution is 5.78. The van der Waals surface area contributed by atoms with Crippen molar-refractivity contribution in [3.05, 3.63) is 35.9 Å². The van der Waals surface area contributed by atoms with Crippen LogP contribution in [0.15, 0.2) is 30.3 Å². The Labute approximate surface area is 108 Å². The Morgan fingerprint density at radius 3 is 2.94 bits per heavy atom. The van der Waals surface area contributed by atoms with Gasteiger partial charge in [0, 0.05) is 25.0 Å². The Balaban J connectivity index is 1.61. The van der Waals surface area contributed by atoms with Crippen molar-refractivity contribution in [3.8, 4) is 0 Å². The van der Waals surface area contributed by atoms with Gasteiger partial charge in [0.15, 0.2) is 0 Å². The second-order valence-electron chi connectivity index (χ2n) is 5.51. The smallest absolute Gasteiger partial charge is 0.224 e. The molecule has 3 nitrogen and oxygen atoms in total. The van der Waals surface area contributed by atoms with E-state index in [2.05, 4.69) is 4.90 Å². The summed E-state index contributed by atoms with van der Waals surface area (Å²) in [5, 5.41) is 0. The Kier molecular flexibility index (Phi) is 3.08. The first-order valence-electron chi connectivity index (χ1n) is 6.85. The molecule has 2 fully saturated rings. The highest BCUT2D eigenvalue weighted by Gasteiger charge is 2.45. The number of likely N-dealkylation sites (tertiary alicyclic amines) is 1. The second-order valence-corrected chi connectivity index (χ2v) is 5.51. The highest BCUT2D eigenvalue weighted by atomic mass is 16.2. The lowest BCUT2D eigenvalue weighted by molar-refractivity contribution is -0.133. The summed E-state index contributed by atoms with van der Waals surface area (Å²) in [6.07, 6.45) is 4.12. The van der Waals surface area contributed by atoms with Crippen LogP contribution in [0.5, 0.6) is 0 Å². The van der Waals surface area contributed by atoms with E-state index in [9.17, 15) is 4.79 Å². The summed E-state index contributed by atoms with van der Waals surface area (Å²) in [5.41, 5.74) is 7.17. The van der Waals surface area contributed by atoms with Gasteiger partial charge in [-0.15, -0.1) is 0 Å². The number of hydrogen-bond donors (Lipinski definition) is 1. The molecule has 0 bridgehead atoms. The number of hydrogen-bond acceptors (Lipinski definition) is 2. The van der Waals surface area contributed by atoms with Crippen molar-refractivity contribution in [2.24, 2.45) is 11.7 Å². The lowest BCUT2D eigenvalue weighted by Gasteiger charge is -2.28. The maximum absolute atomic E-state index is 12.3. The van der Waals surface area contributed by atoms with E-state index in [0.29, 0.717) is 12.5 Å². The van der Waals surface area contributed by atoms with E-state index in [0.717, 1.165) is 24.4 Å². The zero-order valence-corrected chi connectivity index (χ0v) is 10.6. The molecule has 1 amide bonds. The van der Waals surface area contributed by atoms with Gasteiger partial charge in [0.25, 0.3) is 0 Å². The zero-order chi connectivity index (χ0) is 12.5. The molecule has 96 valence electrons. The van der Waals surface area contributed by atoms with Crippen molar-refractivity contribution < 1.29 is 4.79 Å². The van der Waals surface area contributed by atoms with Crippen LogP contribution in [0.4, 0.5) is 0 Å². The average Bonchev–Trinajstić information content (AvgIpc) is 3.18. The van der Waals surface area contributed by atoms with Crippen molar-refractivity contribution in [1.29, 1.82) is 0 Å². The maximum Gasteiger partial charge on any atom is 0.224 e. The molecule has 1 aromatic carbocycles. The third kappa shape index (κ3) is 2.27. The summed E-state index contributed by atoms with van der Waals surface area (Å²) in [6.45, 7) is 0.932. The Hall–Kier alpha value is -1.35. The minimum Gasteiger partial charge on any atom is -0.339 e. The first kappa shape index (κ1) is 11.7. The molecule has 3 heteroatoms. The molecule has 2 aliphatic rings. The van der Waals surface area contributed by atoms with Crippen molar-refractivity contribution in [2.45, 2.75) is 37.8 Å². The quantitative estimate of drug-likeness (QED) is 0.885. The minimum absolute atomic E-state index is 0.169. The molecule has 0 radical (unpaired) electrons. The van der Waals surface area contributed by atoms with Gasteiger partial charge in [-0.1, -0.05) is 30.3 Å². The van der Waals surface area contributed by atoms with E-state index in [1.807, 2.05) is 30.3 Å². The summed E-state index contributed by atoms with van der Waals surface area (Å²) < 4.78 is 0. The van der Waals surface area contributed by atoms with Crippen molar-refractivity contribution in [3.63, 3.8) is 0 Å². The number of nitrogens with two attached hydrogens (primary N) is 1. The average molecular weight is 244 g/mol. The molecule has 1 saturated heterocycles. The Morgan fingerprint density at radius 2 is 2.17 bits per heavy atom. The fourth-order valence-electron chi connectivity index (χ4n) is 3.05. The fraction of sp³-hybridized carbons (Fsp3) is 0.533. The largest absolute Gasteiger partial charge is 0.339 e. The van der Waals surface area contributed by atoms with Gasteiger partial charge in [0.2, 0.25) is 5.91 Å². The molecule has 3 rings (SSSR count). The number of carbonyl (C=O) groups excluding carboxylic acids is 1. The van der Waals surface area contributed by atoms with Crippen LogP contribution >= 0.6 is 0 Å². The monoisotopic (exact) mass is 244 g/mol. The van der Waals surface area contributed by atoms with E-state index in [1.165, 1.54) is 12.8 Å². The van der Waals surface area contributed by atoms with Gasteiger partial charge in [-0.25, -0.2) is 0 Å². The molecule has 0 aromatic heterocycles.